The topological polar surface area (TPSA) is 32.5 Å². The van der Waals surface area contributed by atoms with Crippen LogP contribution in [0.1, 0.15) is 31.7 Å². The monoisotopic (exact) mass is 309 g/mol. The van der Waals surface area contributed by atoms with E-state index in [0.29, 0.717) is 6.04 Å². The van der Waals surface area contributed by atoms with E-state index in [9.17, 15) is 0 Å². The summed E-state index contributed by atoms with van der Waals surface area (Å²) in [6.07, 6.45) is 4.36. The van der Waals surface area contributed by atoms with Gasteiger partial charge in [-0.3, -0.25) is 0 Å². The maximum absolute atomic E-state index is 6.47. The lowest BCUT2D eigenvalue weighted by molar-refractivity contribution is 0.372. The normalized spacial score (nSPS) is 20.3. The van der Waals surface area contributed by atoms with Gasteiger partial charge in [0.2, 0.25) is 0 Å². The van der Waals surface area contributed by atoms with Crippen LogP contribution < -0.4 is 10.6 Å². The van der Waals surface area contributed by atoms with E-state index in [-0.39, 0.29) is 6.04 Å². The number of nitrogens with two attached hydrogens (primary N) is 1. The zero-order valence-corrected chi connectivity index (χ0v) is 14.2. The highest BCUT2D eigenvalue weighted by Crippen LogP contribution is 2.30. The van der Waals surface area contributed by atoms with Gasteiger partial charge in [-0.1, -0.05) is 24.6 Å². The summed E-state index contributed by atoms with van der Waals surface area (Å²) < 4.78 is 0. The number of hydrogen-bond acceptors (Lipinski definition) is 3. The summed E-state index contributed by atoms with van der Waals surface area (Å²) in [6.45, 7) is 4.34. The summed E-state index contributed by atoms with van der Waals surface area (Å²) in [4.78, 5) is 4.76. The second-order valence-electron chi connectivity index (χ2n) is 6.40. The molecule has 2 N–H and O–H groups in total. The van der Waals surface area contributed by atoms with Crippen LogP contribution in [0.3, 0.4) is 0 Å². The zero-order chi connectivity index (χ0) is 15.4. The van der Waals surface area contributed by atoms with Crippen LogP contribution in [0.5, 0.6) is 0 Å². The van der Waals surface area contributed by atoms with E-state index in [1.54, 1.807) is 0 Å². The van der Waals surface area contributed by atoms with Gasteiger partial charge in [0, 0.05) is 35.9 Å². The molecule has 21 heavy (non-hydrogen) atoms. The van der Waals surface area contributed by atoms with E-state index in [0.717, 1.165) is 36.5 Å². The van der Waals surface area contributed by atoms with Crippen molar-refractivity contribution in [2.75, 3.05) is 32.1 Å². The summed E-state index contributed by atoms with van der Waals surface area (Å²) in [7, 11) is 4.28. The molecule has 0 aromatic heterocycles. The van der Waals surface area contributed by atoms with E-state index in [4.69, 9.17) is 17.3 Å². The zero-order valence-electron chi connectivity index (χ0n) is 13.5. The Kier molecular flexibility index (Phi) is 5.91. The third kappa shape index (κ3) is 4.35. The molecule has 4 heteroatoms. The molecule has 0 radical (unpaired) electrons. The quantitative estimate of drug-likeness (QED) is 0.876. The second kappa shape index (κ2) is 7.48. The molecule has 1 fully saturated rings. The molecule has 1 aliphatic heterocycles. The number of benzene rings is 1. The number of likely N-dealkylation sites (N-methyl/N-ethyl adjacent to an activating group) is 1. The molecule has 3 nitrogen and oxygen atoms in total. The number of rotatable bonds is 6. The molecule has 1 aromatic carbocycles. The lowest BCUT2D eigenvalue weighted by atomic mass is 10.0. The molecule has 0 amide bonds. The maximum atomic E-state index is 6.47. The van der Waals surface area contributed by atoms with Crippen molar-refractivity contribution in [2.24, 2.45) is 5.73 Å². The Bertz CT molecular complexity index is 461. The number of halogens is 1. The highest BCUT2D eigenvalue weighted by atomic mass is 35.5. The average molecular weight is 310 g/mol. The largest absolute Gasteiger partial charge is 0.367 e. The van der Waals surface area contributed by atoms with Crippen LogP contribution in [0, 0.1) is 0 Å². The van der Waals surface area contributed by atoms with Crippen LogP contribution in [0.25, 0.3) is 0 Å². The molecule has 1 aliphatic rings. The Morgan fingerprint density at radius 2 is 2.19 bits per heavy atom. The third-order valence-electron chi connectivity index (χ3n) is 4.33. The predicted molar refractivity (Wildman–Crippen MR) is 92.3 cm³/mol. The van der Waals surface area contributed by atoms with Gasteiger partial charge in [0.25, 0.3) is 0 Å². The van der Waals surface area contributed by atoms with Crippen molar-refractivity contribution in [3.05, 3.63) is 28.8 Å². The van der Waals surface area contributed by atoms with Crippen molar-refractivity contribution in [1.82, 2.24) is 4.90 Å². The molecule has 0 spiro atoms. The van der Waals surface area contributed by atoms with Gasteiger partial charge < -0.3 is 15.5 Å². The molecule has 118 valence electrons. The number of hydrogen-bond donors (Lipinski definition) is 1. The third-order valence-corrected chi connectivity index (χ3v) is 4.68. The summed E-state index contributed by atoms with van der Waals surface area (Å²) >= 11 is 6.47. The standard InChI is InChI=1S/C17H28ClN3/c1-4-14(19)10-13-7-8-15(11-17(13)18)21-9-5-6-16(21)12-20(2)3/h7-8,11,14,16H,4-6,9-10,12,19H2,1-3H3. The minimum atomic E-state index is 0.196. The van der Waals surface area contributed by atoms with Crippen molar-refractivity contribution in [3.63, 3.8) is 0 Å². The van der Waals surface area contributed by atoms with E-state index in [1.165, 1.54) is 18.5 Å². The fourth-order valence-electron chi connectivity index (χ4n) is 3.09. The first-order valence-electron chi connectivity index (χ1n) is 7.96. The van der Waals surface area contributed by atoms with Crippen molar-refractivity contribution in [1.29, 1.82) is 0 Å². The van der Waals surface area contributed by atoms with Crippen molar-refractivity contribution < 1.29 is 0 Å². The van der Waals surface area contributed by atoms with Crippen molar-refractivity contribution in [3.8, 4) is 0 Å². The Labute approximate surface area is 134 Å². The summed E-state index contributed by atoms with van der Waals surface area (Å²) in [6, 6.07) is 7.27. The molecule has 1 saturated heterocycles. The Balaban J connectivity index is 2.11. The molecule has 0 saturated carbocycles. The molecule has 2 unspecified atom stereocenters. The Morgan fingerprint density at radius 3 is 2.81 bits per heavy atom. The highest BCUT2D eigenvalue weighted by molar-refractivity contribution is 6.31. The van der Waals surface area contributed by atoms with Gasteiger partial charge in [-0.15, -0.1) is 0 Å². The fraction of sp³-hybridized carbons (Fsp3) is 0.647. The van der Waals surface area contributed by atoms with E-state index >= 15 is 0 Å². The van der Waals surface area contributed by atoms with Gasteiger partial charge in [-0.25, -0.2) is 0 Å². The van der Waals surface area contributed by atoms with Crippen molar-refractivity contribution in [2.45, 2.75) is 44.7 Å². The van der Waals surface area contributed by atoms with E-state index < -0.39 is 0 Å². The second-order valence-corrected chi connectivity index (χ2v) is 6.81. The molecule has 2 atom stereocenters. The number of nitrogens with zero attached hydrogens (tertiary/aromatic N) is 2. The molecule has 1 heterocycles. The minimum absolute atomic E-state index is 0.196. The van der Waals surface area contributed by atoms with Crippen molar-refractivity contribution >= 4 is 17.3 Å². The minimum Gasteiger partial charge on any atom is -0.367 e. The Hall–Kier alpha value is -0.770. The molecular weight excluding hydrogens is 282 g/mol. The lowest BCUT2D eigenvalue weighted by Crippen LogP contribution is -2.37. The van der Waals surface area contributed by atoms with Gasteiger partial charge in [0.1, 0.15) is 0 Å². The van der Waals surface area contributed by atoms with Gasteiger partial charge in [0.05, 0.1) is 0 Å². The average Bonchev–Trinajstić information content (AvgIpc) is 2.88. The van der Waals surface area contributed by atoms with E-state index in [1.807, 2.05) is 0 Å². The van der Waals surface area contributed by atoms with Crippen LogP contribution in [0.15, 0.2) is 18.2 Å². The van der Waals surface area contributed by atoms with Gasteiger partial charge in [-0.05, 0) is 57.5 Å². The van der Waals surface area contributed by atoms with Gasteiger partial charge in [0.15, 0.2) is 0 Å². The lowest BCUT2D eigenvalue weighted by Gasteiger charge is -2.29. The molecule has 0 bridgehead atoms. The first-order chi connectivity index (χ1) is 10.0. The SMILES string of the molecule is CCC(N)Cc1ccc(N2CCCC2CN(C)C)cc1Cl. The van der Waals surface area contributed by atoms with Crippen LogP contribution in [0.4, 0.5) is 5.69 Å². The van der Waals surface area contributed by atoms with Crippen LogP contribution in [-0.4, -0.2) is 44.2 Å². The highest BCUT2D eigenvalue weighted by Gasteiger charge is 2.25. The molecule has 2 rings (SSSR count). The van der Waals surface area contributed by atoms with Crippen LogP contribution in [-0.2, 0) is 6.42 Å². The van der Waals surface area contributed by atoms with Gasteiger partial charge >= 0.3 is 0 Å². The molecule has 0 aliphatic carbocycles. The van der Waals surface area contributed by atoms with Gasteiger partial charge in [-0.2, -0.15) is 0 Å². The molecule has 1 aromatic rings. The first-order valence-corrected chi connectivity index (χ1v) is 8.34. The number of anilines is 1. The smallest absolute Gasteiger partial charge is 0.0459 e. The van der Waals surface area contributed by atoms with E-state index in [2.05, 4.69) is 49.0 Å². The maximum Gasteiger partial charge on any atom is 0.0459 e. The molecular formula is C17H28ClN3. The predicted octanol–water partition coefficient (Wildman–Crippen LogP) is 3.15. The van der Waals surface area contributed by atoms with Crippen LogP contribution in [0.2, 0.25) is 5.02 Å². The Morgan fingerprint density at radius 1 is 1.43 bits per heavy atom. The summed E-state index contributed by atoms with van der Waals surface area (Å²) in [5.41, 5.74) is 8.45. The first kappa shape index (κ1) is 16.6. The summed E-state index contributed by atoms with van der Waals surface area (Å²) in [5, 5.41) is 0.854. The fourth-order valence-corrected chi connectivity index (χ4v) is 3.35. The summed E-state index contributed by atoms with van der Waals surface area (Å²) in [5.74, 6) is 0. The van der Waals surface area contributed by atoms with Crippen LogP contribution >= 0.6 is 11.6 Å².